The molecule has 0 saturated heterocycles. The van der Waals surface area contributed by atoms with Crippen molar-refractivity contribution in [3.63, 3.8) is 0 Å². The lowest BCUT2D eigenvalue weighted by Crippen LogP contribution is -2.11. The Kier molecular flexibility index (Phi) is 7.36. The maximum absolute atomic E-state index is 5.46. The summed E-state index contributed by atoms with van der Waals surface area (Å²) in [7, 11) is 0. The van der Waals surface area contributed by atoms with E-state index in [1.54, 1.807) is 0 Å². The Hall–Kier alpha value is -1.14. The van der Waals surface area contributed by atoms with Gasteiger partial charge in [-0.05, 0) is 33.2 Å². The maximum Gasteiger partial charge on any atom is 0.315 e. The molecule has 0 radical (unpaired) electrons. The van der Waals surface area contributed by atoms with Crippen LogP contribution in [-0.4, -0.2) is 36.0 Å². The fourth-order valence-corrected chi connectivity index (χ4v) is 1.37. The van der Waals surface area contributed by atoms with Gasteiger partial charge in [0.25, 0.3) is 0 Å². The first-order valence-electron chi connectivity index (χ1n) is 6.61. The van der Waals surface area contributed by atoms with Crippen molar-refractivity contribution in [3.05, 3.63) is 5.89 Å². The summed E-state index contributed by atoms with van der Waals surface area (Å²) in [5, 5.41) is 14.1. The highest BCUT2D eigenvalue weighted by Crippen LogP contribution is 2.05. The van der Waals surface area contributed by atoms with Gasteiger partial charge >= 0.3 is 6.01 Å². The second-order valence-corrected chi connectivity index (χ2v) is 4.33. The van der Waals surface area contributed by atoms with E-state index in [0.717, 1.165) is 32.5 Å². The number of hydrogen-bond donors (Lipinski definition) is 2. The van der Waals surface area contributed by atoms with E-state index in [1.807, 2.05) is 20.8 Å². The summed E-state index contributed by atoms with van der Waals surface area (Å²) in [4.78, 5) is 0. The van der Waals surface area contributed by atoms with Crippen LogP contribution in [0.4, 0.5) is 6.01 Å². The molecule has 6 heteroatoms. The summed E-state index contributed by atoms with van der Waals surface area (Å²) in [5.74, 6) is 0.613. The molecule has 1 rings (SSSR count). The van der Waals surface area contributed by atoms with Crippen LogP contribution in [0.5, 0.6) is 0 Å². The predicted molar refractivity (Wildman–Crippen MR) is 70.5 cm³/mol. The standard InChI is InChI=1S/C12H24N4O2/c1-4-13-9-11-15-16-12(18-11)14-7-5-6-8-17-10(2)3/h10,13H,4-9H2,1-3H3,(H,14,16). The zero-order valence-corrected chi connectivity index (χ0v) is 11.5. The highest BCUT2D eigenvalue weighted by atomic mass is 16.5. The van der Waals surface area contributed by atoms with Crippen molar-refractivity contribution in [1.82, 2.24) is 15.5 Å². The number of ether oxygens (including phenoxy) is 1. The molecule has 0 unspecified atom stereocenters. The molecule has 1 aromatic heterocycles. The van der Waals surface area contributed by atoms with Crippen molar-refractivity contribution in [3.8, 4) is 0 Å². The van der Waals surface area contributed by atoms with Crippen molar-refractivity contribution in [1.29, 1.82) is 0 Å². The Labute approximate surface area is 108 Å². The van der Waals surface area contributed by atoms with E-state index in [4.69, 9.17) is 9.15 Å². The van der Waals surface area contributed by atoms with Gasteiger partial charge in [-0.15, -0.1) is 5.10 Å². The van der Waals surface area contributed by atoms with Gasteiger partial charge < -0.3 is 19.8 Å². The third-order valence-corrected chi connectivity index (χ3v) is 2.29. The van der Waals surface area contributed by atoms with Crippen LogP contribution in [0, 0.1) is 0 Å². The molecule has 0 fully saturated rings. The van der Waals surface area contributed by atoms with Crippen LogP contribution in [0.1, 0.15) is 39.5 Å². The molecule has 0 aliphatic rings. The molecule has 0 amide bonds. The Bertz CT molecular complexity index is 315. The average Bonchev–Trinajstić information content (AvgIpc) is 2.78. The summed E-state index contributed by atoms with van der Waals surface area (Å²) in [5.41, 5.74) is 0. The lowest BCUT2D eigenvalue weighted by molar-refractivity contribution is 0.0765. The third kappa shape index (κ3) is 6.56. The van der Waals surface area contributed by atoms with Crippen LogP contribution in [0.3, 0.4) is 0 Å². The quantitative estimate of drug-likeness (QED) is 0.622. The van der Waals surface area contributed by atoms with Gasteiger partial charge in [0.15, 0.2) is 0 Å². The van der Waals surface area contributed by atoms with Gasteiger partial charge in [-0.3, -0.25) is 0 Å². The lowest BCUT2D eigenvalue weighted by atomic mass is 10.3. The van der Waals surface area contributed by atoms with Crippen molar-refractivity contribution < 1.29 is 9.15 Å². The molecule has 18 heavy (non-hydrogen) atoms. The highest BCUT2D eigenvalue weighted by Gasteiger charge is 2.03. The number of hydrogen-bond acceptors (Lipinski definition) is 6. The van der Waals surface area contributed by atoms with Crippen LogP contribution in [0.15, 0.2) is 4.42 Å². The molecule has 6 nitrogen and oxygen atoms in total. The number of unbranched alkanes of at least 4 members (excludes halogenated alkanes) is 1. The summed E-state index contributed by atoms with van der Waals surface area (Å²) >= 11 is 0. The van der Waals surface area contributed by atoms with Gasteiger partial charge in [-0.25, -0.2) is 0 Å². The number of nitrogens with one attached hydrogen (secondary N) is 2. The van der Waals surface area contributed by atoms with Crippen molar-refractivity contribution in [2.75, 3.05) is 25.0 Å². The minimum atomic E-state index is 0.308. The molecule has 0 aliphatic heterocycles. The molecule has 0 saturated carbocycles. The first kappa shape index (κ1) is 14.9. The van der Waals surface area contributed by atoms with Gasteiger partial charge in [-0.1, -0.05) is 12.0 Å². The van der Waals surface area contributed by atoms with Gasteiger partial charge in [0.2, 0.25) is 5.89 Å². The molecule has 0 aliphatic carbocycles. The molecular formula is C12H24N4O2. The number of anilines is 1. The Morgan fingerprint density at radius 3 is 2.83 bits per heavy atom. The topological polar surface area (TPSA) is 72.2 Å². The Morgan fingerprint density at radius 1 is 1.28 bits per heavy atom. The summed E-state index contributed by atoms with van der Waals surface area (Å²) in [6, 6.07) is 0.493. The van der Waals surface area contributed by atoms with E-state index in [1.165, 1.54) is 0 Å². The van der Waals surface area contributed by atoms with E-state index < -0.39 is 0 Å². The maximum atomic E-state index is 5.46. The largest absolute Gasteiger partial charge is 0.407 e. The summed E-state index contributed by atoms with van der Waals surface area (Å²) in [6.07, 6.45) is 2.36. The summed E-state index contributed by atoms with van der Waals surface area (Å²) < 4.78 is 10.9. The molecule has 2 N–H and O–H groups in total. The SMILES string of the molecule is CCNCc1nnc(NCCCCOC(C)C)o1. The molecule has 1 heterocycles. The van der Waals surface area contributed by atoms with E-state index in [9.17, 15) is 0 Å². The molecule has 0 bridgehead atoms. The smallest absolute Gasteiger partial charge is 0.315 e. The Balaban J connectivity index is 2.06. The normalized spacial score (nSPS) is 11.1. The molecule has 104 valence electrons. The van der Waals surface area contributed by atoms with Crippen LogP contribution < -0.4 is 10.6 Å². The number of nitrogens with zero attached hydrogens (tertiary/aromatic N) is 2. The van der Waals surface area contributed by atoms with Crippen LogP contribution >= 0.6 is 0 Å². The zero-order valence-electron chi connectivity index (χ0n) is 11.5. The van der Waals surface area contributed by atoms with Gasteiger partial charge in [0, 0.05) is 13.2 Å². The molecular weight excluding hydrogens is 232 g/mol. The van der Waals surface area contributed by atoms with Gasteiger partial charge in [0.05, 0.1) is 12.6 Å². The molecule has 0 spiro atoms. The Morgan fingerprint density at radius 2 is 2.11 bits per heavy atom. The minimum Gasteiger partial charge on any atom is -0.407 e. The molecule has 0 aromatic carbocycles. The first-order valence-corrected chi connectivity index (χ1v) is 6.61. The van der Waals surface area contributed by atoms with Gasteiger partial charge in [-0.2, -0.15) is 0 Å². The van der Waals surface area contributed by atoms with E-state index in [2.05, 4.69) is 20.8 Å². The minimum absolute atomic E-state index is 0.308. The van der Waals surface area contributed by atoms with Crippen LogP contribution in [0.25, 0.3) is 0 Å². The fourth-order valence-electron chi connectivity index (χ4n) is 1.37. The summed E-state index contributed by atoms with van der Waals surface area (Å²) in [6.45, 7) is 9.26. The predicted octanol–water partition coefficient (Wildman–Crippen LogP) is 1.80. The third-order valence-electron chi connectivity index (χ3n) is 2.29. The average molecular weight is 256 g/mol. The van der Waals surface area contributed by atoms with Gasteiger partial charge in [0.1, 0.15) is 0 Å². The fraction of sp³-hybridized carbons (Fsp3) is 0.833. The molecule has 0 atom stereocenters. The van der Waals surface area contributed by atoms with Crippen LogP contribution in [0.2, 0.25) is 0 Å². The lowest BCUT2D eigenvalue weighted by Gasteiger charge is -2.06. The zero-order chi connectivity index (χ0) is 13.2. The van der Waals surface area contributed by atoms with Crippen LogP contribution in [-0.2, 0) is 11.3 Å². The first-order chi connectivity index (χ1) is 8.72. The van der Waals surface area contributed by atoms with E-state index in [-0.39, 0.29) is 0 Å². The second-order valence-electron chi connectivity index (χ2n) is 4.33. The van der Waals surface area contributed by atoms with Crippen molar-refractivity contribution in [2.24, 2.45) is 0 Å². The van der Waals surface area contributed by atoms with E-state index >= 15 is 0 Å². The second kappa shape index (κ2) is 8.88. The van der Waals surface area contributed by atoms with Crippen molar-refractivity contribution in [2.45, 2.75) is 46.3 Å². The highest BCUT2D eigenvalue weighted by molar-refractivity contribution is 5.16. The van der Waals surface area contributed by atoms with Crippen molar-refractivity contribution >= 4 is 6.01 Å². The van der Waals surface area contributed by atoms with E-state index in [0.29, 0.717) is 24.6 Å². The number of aromatic nitrogens is 2. The monoisotopic (exact) mass is 256 g/mol. The molecule has 1 aromatic rings. The number of rotatable bonds is 10.